The maximum Gasteiger partial charge on any atom is 0.128 e. The van der Waals surface area contributed by atoms with E-state index in [1.807, 2.05) is 41.3 Å². The van der Waals surface area contributed by atoms with Gasteiger partial charge in [-0.15, -0.1) is 0 Å². The highest BCUT2D eigenvalue weighted by atomic mass is 16.3. The van der Waals surface area contributed by atoms with Crippen molar-refractivity contribution in [2.45, 2.75) is 26.0 Å². The molecule has 1 N–H and O–H groups in total. The second-order valence-corrected chi connectivity index (χ2v) is 5.67. The van der Waals surface area contributed by atoms with Crippen molar-refractivity contribution in [3.05, 3.63) is 59.8 Å². The predicted octanol–water partition coefficient (Wildman–Crippen LogP) is 2.73. The lowest BCUT2D eigenvalue weighted by Gasteiger charge is -2.30. The lowest BCUT2D eigenvalue weighted by atomic mass is 10.1. The molecule has 21 heavy (non-hydrogen) atoms. The molecule has 0 aliphatic heterocycles. The van der Waals surface area contributed by atoms with Crippen molar-refractivity contribution >= 4 is 5.82 Å². The van der Waals surface area contributed by atoms with Gasteiger partial charge in [0.25, 0.3) is 0 Å². The molecule has 2 aromatic rings. The first-order chi connectivity index (χ1) is 9.98. The summed E-state index contributed by atoms with van der Waals surface area (Å²) in [7, 11) is 0. The molecular weight excluding hydrogens is 262 g/mol. The zero-order chi connectivity index (χ0) is 15.3. The van der Waals surface area contributed by atoms with Gasteiger partial charge in [0.05, 0.1) is 11.2 Å². The molecule has 0 atom stereocenters. The van der Waals surface area contributed by atoms with Crippen LogP contribution in [-0.4, -0.2) is 22.2 Å². The van der Waals surface area contributed by atoms with E-state index in [0.717, 1.165) is 11.4 Å². The first-order valence-electron chi connectivity index (χ1n) is 6.85. The molecular formula is C17H19N3O. The van der Waals surface area contributed by atoms with E-state index < -0.39 is 5.60 Å². The van der Waals surface area contributed by atoms with Crippen molar-refractivity contribution in [2.75, 3.05) is 11.4 Å². The number of rotatable bonds is 5. The highest BCUT2D eigenvalue weighted by Gasteiger charge is 2.19. The van der Waals surface area contributed by atoms with Gasteiger partial charge in [0.15, 0.2) is 0 Å². The van der Waals surface area contributed by atoms with Crippen molar-refractivity contribution in [3.63, 3.8) is 0 Å². The Kier molecular flexibility index (Phi) is 4.56. The molecule has 1 aromatic heterocycles. The maximum absolute atomic E-state index is 10.1. The van der Waals surface area contributed by atoms with Gasteiger partial charge >= 0.3 is 0 Å². The summed E-state index contributed by atoms with van der Waals surface area (Å²) >= 11 is 0. The summed E-state index contributed by atoms with van der Waals surface area (Å²) < 4.78 is 0. The number of nitriles is 1. The number of hydrogen-bond acceptors (Lipinski definition) is 4. The molecule has 0 radical (unpaired) electrons. The lowest BCUT2D eigenvalue weighted by Crippen LogP contribution is -2.38. The van der Waals surface area contributed by atoms with Gasteiger partial charge in [-0.25, -0.2) is 4.98 Å². The van der Waals surface area contributed by atoms with E-state index in [-0.39, 0.29) is 0 Å². The minimum atomic E-state index is -0.829. The number of aromatic nitrogens is 1. The van der Waals surface area contributed by atoms with E-state index in [4.69, 9.17) is 5.26 Å². The normalized spacial score (nSPS) is 11.0. The van der Waals surface area contributed by atoms with Crippen LogP contribution in [0.3, 0.4) is 0 Å². The van der Waals surface area contributed by atoms with Gasteiger partial charge < -0.3 is 10.0 Å². The van der Waals surface area contributed by atoms with Crippen molar-refractivity contribution in [1.82, 2.24) is 4.98 Å². The quantitative estimate of drug-likeness (QED) is 0.915. The topological polar surface area (TPSA) is 60.1 Å². The van der Waals surface area contributed by atoms with Gasteiger partial charge in [-0.3, -0.25) is 0 Å². The Morgan fingerprint density at radius 1 is 1.19 bits per heavy atom. The Morgan fingerprint density at radius 3 is 2.43 bits per heavy atom. The SMILES string of the molecule is CC(C)(O)CN(Cc1ccccc1)c1ccc(C#N)cn1. The molecule has 0 aliphatic carbocycles. The van der Waals surface area contributed by atoms with Gasteiger partial charge in [-0.2, -0.15) is 5.26 Å². The Balaban J connectivity index is 2.24. The molecule has 108 valence electrons. The van der Waals surface area contributed by atoms with Crippen molar-refractivity contribution in [3.8, 4) is 6.07 Å². The number of benzene rings is 1. The minimum absolute atomic E-state index is 0.459. The Labute approximate surface area is 125 Å². The Morgan fingerprint density at radius 2 is 1.90 bits per heavy atom. The summed E-state index contributed by atoms with van der Waals surface area (Å²) in [4.78, 5) is 6.33. The van der Waals surface area contributed by atoms with Crippen LogP contribution in [-0.2, 0) is 6.54 Å². The summed E-state index contributed by atoms with van der Waals surface area (Å²) in [5.74, 6) is 0.750. The summed E-state index contributed by atoms with van der Waals surface area (Å²) in [6.07, 6.45) is 1.55. The molecule has 1 aromatic carbocycles. The molecule has 0 unspecified atom stereocenters. The lowest BCUT2D eigenvalue weighted by molar-refractivity contribution is 0.0868. The predicted molar refractivity (Wildman–Crippen MR) is 82.7 cm³/mol. The fourth-order valence-electron chi connectivity index (χ4n) is 2.13. The van der Waals surface area contributed by atoms with Crippen LogP contribution < -0.4 is 4.90 Å². The molecule has 1 heterocycles. The molecule has 0 aliphatic rings. The maximum atomic E-state index is 10.1. The number of hydrogen-bond donors (Lipinski definition) is 1. The molecule has 0 amide bonds. The van der Waals surface area contributed by atoms with Gasteiger partial charge in [0.2, 0.25) is 0 Å². The van der Waals surface area contributed by atoms with E-state index in [2.05, 4.69) is 11.1 Å². The molecule has 0 bridgehead atoms. The van der Waals surface area contributed by atoms with Crippen molar-refractivity contribution in [1.29, 1.82) is 5.26 Å². The van der Waals surface area contributed by atoms with Crippen LogP contribution in [0.15, 0.2) is 48.7 Å². The van der Waals surface area contributed by atoms with Gasteiger partial charge in [-0.05, 0) is 31.5 Å². The monoisotopic (exact) mass is 281 g/mol. The molecule has 2 rings (SSSR count). The molecule has 4 nitrogen and oxygen atoms in total. The highest BCUT2D eigenvalue weighted by Crippen LogP contribution is 2.18. The van der Waals surface area contributed by atoms with Crippen molar-refractivity contribution < 1.29 is 5.11 Å². The second kappa shape index (κ2) is 6.38. The fourth-order valence-corrected chi connectivity index (χ4v) is 2.13. The van der Waals surface area contributed by atoms with E-state index in [9.17, 15) is 5.11 Å². The molecule has 0 saturated heterocycles. The van der Waals surface area contributed by atoms with Crippen LogP contribution in [0.5, 0.6) is 0 Å². The third kappa shape index (κ3) is 4.59. The summed E-state index contributed by atoms with van der Waals surface area (Å²) in [6, 6.07) is 15.7. The van der Waals surface area contributed by atoms with Crippen LogP contribution in [0, 0.1) is 11.3 Å². The van der Waals surface area contributed by atoms with E-state index in [0.29, 0.717) is 18.7 Å². The summed E-state index contributed by atoms with van der Waals surface area (Å²) in [5.41, 5.74) is 0.847. The zero-order valence-corrected chi connectivity index (χ0v) is 12.3. The summed E-state index contributed by atoms with van der Waals surface area (Å²) in [6.45, 7) is 4.66. The average Bonchev–Trinajstić information content (AvgIpc) is 2.46. The molecule has 0 spiro atoms. The van der Waals surface area contributed by atoms with Crippen LogP contribution in [0.4, 0.5) is 5.82 Å². The van der Waals surface area contributed by atoms with Crippen LogP contribution in [0.25, 0.3) is 0 Å². The zero-order valence-electron chi connectivity index (χ0n) is 12.3. The Hall–Kier alpha value is -2.38. The first-order valence-corrected chi connectivity index (χ1v) is 6.85. The van der Waals surface area contributed by atoms with Gasteiger partial charge in [0, 0.05) is 19.3 Å². The Bertz CT molecular complexity index is 609. The third-order valence-corrected chi connectivity index (χ3v) is 3.00. The molecule has 4 heteroatoms. The van der Waals surface area contributed by atoms with E-state index >= 15 is 0 Å². The van der Waals surface area contributed by atoms with Crippen LogP contribution in [0.2, 0.25) is 0 Å². The fraction of sp³-hybridized carbons (Fsp3) is 0.294. The third-order valence-electron chi connectivity index (χ3n) is 3.00. The first kappa shape index (κ1) is 15.0. The number of nitrogens with zero attached hydrogens (tertiary/aromatic N) is 3. The molecule has 0 saturated carbocycles. The van der Waals surface area contributed by atoms with E-state index in [1.165, 1.54) is 0 Å². The number of aliphatic hydroxyl groups is 1. The minimum Gasteiger partial charge on any atom is -0.389 e. The van der Waals surface area contributed by atoms with Crippen LogP contribution >= 0.6 is 0 Å². The molecule has 0 fully saturated rings. The van der Waals surface area contributed by atoms with Gasteiger partial charge in [-0.1, -0.05) is 30.3 Å². The largest absolute Gasteiger partial charge is 0.389 e. The average molecular weight is 281 g/mol. The second-order valence-electron chi connectivity index (χ2n) is 5.67. The smallest absolute Gasteiger partial charge is 0.128 e. The van der Waals surface area contributed by atoms with Crippen molar-refractivity contribution in [2.24, 2.45) is 0 Å². The number of anilines is 1. The highest BCUT2D eigenvalue weighted by molar-refractivity contribution is 5.43. The van der Waals surface area contributed by atoms with Gasteiger partial charge in [0.1, 0.15) is 11.9 Å². The van der Waals surface area contributed by atoms with E-state index in [1.54, 1.807) is 26.1 Å². The van der Waals surface area contributed by atoms with Crippen LogP contribution in [0.1, 0.15) is 25.0 Å². The summed E-state index contributed by atoms with van der Waals surface area (Å²) in [5, 5.41) is 19.0. The standard InChI is InChI=1S/C17H19N3O/c1-17(2,21)13-20(12-14-6-4-3-5-7-14)16-9-8-15(10-18)11-19-16/h3-9,11,21H,12-13H2,1-2H3. The number of pyridine rings is 1.